The Bertz CT molecular complexity index is 1720. The second-order valence-electron chi connectivity index (χ2n) is 12.1. The molecule has 2 aromatic heterocycles. The van der Waals surface area contributed by atoms with Crippen LogP contribution in [-0.4, -0.2) is 38.8 Å². The molecule has 2 fully saturated rings. The van der Waals surface area contributed by atoms with Crippen molar-refractivity contribution in [3.63, 3.8) is 0 Å². The van der Waals surface area contributed by atoms with Gasteiger partial charge in [-0.25, -0.2) is 4.98 Å². The molecule has 43 heavy (non-hydrogen) atoms. The predicted octanol–water partition coefficient (Wildman–Crippen LogP) is 8.73. The molecule has 0 radical (unpaired) electrons. The fraction of sp³-hybridized carbons (Fsp3) is 0.263. The molecular formula is C38H36N4S. The summed E-state index contributed by atoms with van der Waals surface area (Å²) < 4.78 is 3.42. The molecule has 1 aliphatic carbocycles. The summed E-state index contributed by atoms with van der Waals surface area (Å²) in [6.07, 6.45) is 10.9. The van der Waals surface area contributed by atoms with Crippen molar-refractivity contribution in [2.75, 3.05) is 13.1 Å². The van der Waals surface area contributed by atoms with Crippen LogP contribution in [0, 0.1) is 0 Å². The third-order valence-electron chi connectivity index (χ3n) is 9.61. The van der Waals surface area contributed by atoms with Gasteiger partial charge in [0.15, 0.2) is 0 Å². The summed E-state index contributed by atoms with van der Waals surface area (Å²) in [7, 11) is 0. The van der Waals surface area contributed by atoms with E-state index >= 15 is 0 Å². The molecule has 5 heteroatoms. The van der Waals surface area contributed by atoms with Crippen molar-refractivity contribution < 1.29 is 0 Å². The molecule has 0 N–H and O–H groups in total. The van der Waals surface area contributed by atoms with Crippen LogP contribution < -0.4 is 0 Å². The third-order valence-corrected chi connectivity index (χ3v) is 10.8. The fourth-order valence-electron chi connectivity index (χ4n) is 7.26. The molecule has 0 amide bonds. The zero-order valence-corrected chi connectivity index (χ0v) is 25.2. The molecule has 0 atom stereocenters. The number of piperidine rings is 1. The summed E-state index contributed by atoms with van der Waals surface area (Å²) in [5.74, 6) is 0.610. The maximum atomic E-state index is 5.09. The molecule has 1 saturated carbocycles. The quantitative estimate of drug-likeness (QED) is 0.177. The van der Waals surface area contributed by atoms with Gasteiger partial charge in [-0.2, -0.15) is 5.10 Å². The first-order valence-corrected chi connectivity index (χ1v) is 16.5. The molecule has 4 nitrogen and oxygen atoms in total. The standard InChI is InChI=1S/C38H36N4S/c1-5-13-31(14-6-1)38(32-15-7-2-8-16-32,33-17-9-3-10-18-33)42-27-30(26-39-42)28-19-20-35-36(25-28)43-37(40-35)29-23-34(24-29)41-21-11-4-12-22-41/h1-3,5-10,13-20,25-27,29,34H,4,11-12,21-24H2/t29-,34-. The fourth-order valence-corrected chi connectivity index (χ4v) is 8.39. The minimum atomic E-state index is -0.612. The Kier molecular flexibility index (Phi) is 6.93. The summed E-state index contributed by atoms with van der Waals surface area (Å²) in [4.78, 5) is 7.82. The molecule has 8 rings (SSSR count). The Balaban J connectivity index is 1.15. The van der Waals surface area contributed by atoms with Crippen molar-refractivity contribution in [3.05, 3.63) is 143 Å². The maximum Gasteiger partial charge on any atom is 0.138 e. The molecule has 1 saturated heterocycles. The van der Waals surface area contributed by atoms with E-state index in [-0.39, 0.29) is 0 Å². The van der Waals surface area contributed by atoms with Gasteiger partial charge in [0.25, 0.3) is 0 Å². The maximum absolute atomic E-state index is 5.09. The van der Waals surface area contributed by atoms with E-state index in [1.165, 1.54) is 77.2 Å². The lowest BCUT2D eigenvalue weighted by atomic mass is 9.77. The van der Waals surface area contributed by atoms with E-state index in [4.69, 9.17) is 10.1 Å². The van der Waals surface area contributed by atoms with Crippen LogP contribution in [0.15, 0.2) is 122 Å². The van der Waals surface area contributed by atoms with Crippen molar-refractivity contribution in [1.29, 1.82) is 0 Å². The molecule has 2 aliphatic rings. The molecule has 3 heterocycles. The molecule has 0 unspecified atom stereocenters. The SMILES string of the molecule is c1ccc(C(c2ccccc2)(c2ccccc2)n2cc(-c3ccc4nc([C@H]5C[C@H](N6CCCCC6)C5)sc4c3)cn2)cc1. The first kappa shape index (κ1) is 26.6. The third kappa shape index (κ3) is 4.72. The smallest absolute Gasteiger partial charge is 0.138 e. The van der Waals surface area contributed by atoms with Gasteiger partial charge in [0.05, 0.1) is 21.4 Å². The van der Waals surface area contributed by atoms with Crippen LogP contribution in [-0.2, 0) is 5.54 Å². The summed E-state index contributed by atoms with van der Waals surface area (Å²) in [5.41, 5.74) is 6.31. The largest absolute Gasteiger partial charge is 0.300 e. The first-order chi connectivity index (χ1) is 21.3. The Morgan fingerprint density at radius 3 is 1.88 bits per heavy atom. The highest BCUT2D eigenvalue weighted by molar-refractivity contribution is 7.18. The second kappa shape index (κ2) is 11.2. The van der Waals surface area contributed by atoms with Crippen LogP contribution in [0.4, 0.5) is 0 Å². The molecule has 6 aromatic rings. The zero-order valence-electron chi connectivity index (χ0n) is 24.3. The van der Waals surface area contributed by atoms with Crippen molar-refractivity contribution in [2.24, 2.45) is 0 Å². The number of likely N-dealkylation sites (tertiary alicyclic amines) is 1. The lowest BCUT2D eigenvalue weighted by Crippen LogP contribution is -2.46. The van der Waals surface area contributed by atoms with E-state index in [1.807, 2.05) is 17.5 Å². The van der Waals surface area contributed by atoms with Gasteiger partial charge in [-0.15, -0.1) is 11.3 Å². The van der Waals surface area contributed by atoms with Gasteiger partial charge in [-0.3, -0.25) is 4.68 Å². The van der Waals surface area contributed by atoms with Crippen LogP contribution in [0.25, 0.3) is 21.3 Å². The zero-order chi connectivity index (χ0) is 28.6. The van der Waals surface area contributed by atoms with Crippen LogP contribution in [0.2, 0.25) is 0 Å². The monoisotopic (exact) mass is 580 g/mol. The predicted molar refractivity (Wildman–Crippen MR) is 177 cm³/mol. The van der Waals surface area contributed by atoms with Gasteiger partial charge in [0.2, 0.25) is 0 Å². The molecule has 214 valence electrons. The van der Waals surface area contributed by atoms with Crippen LogP contribution in [0.5, 0.6) is 0 Å². The van der Waals surface area contributed by atoms with E-state index in [0.29, 0.717) is 5.92 Å². The highest BCUT2D eigenvalue weighted by Gasteiger charge is 2.39. The number of rotatable bonds is 7. The van der Waals surface area contributed by atoms with E-state index in [0.717, 1.165) is 17.1 Å². The minimum absolute atomic E-state index is 0.610. The van der Waals surface area contributed by atoms with Crippen LogP contribution >= 0.6 is 11.3 Å². The molecular weight excluding hydrogens is 545 g/mol. The number of hydrogen-bond acceptors (Lipinski definition) is 4. The van der Waals surface area contributed by atoms with Crippen molar-refractivity contribution in [1.82, 2.24) is 19.7 Å². The highest BCUT2D eigenvalue weighted by Crippen LogP contribution is 2.44. The summed E-state index contributed by atoms with van der Waals surface area (Å²) in [6.45, 7) is 2.57. The topological polar surface area (TPSA) is 34.0 Å². The van der Waals surface area contributed by atoms with Crippen LogP contribution in [0.1, 0.15) is 59.7 Å². The van der Waals surface area contributed by atoms with E-state index in [2.05, 4.69) is 125 Å². The van der Waals surface area contributed by atoms with Crippen molar-refractivity contribution in [3.8, 4) is 11.1 Å². The van der Waals surface area contributed by atoms with Gasteiger partial charge in [-0.1, -0.05) is 103 Å². The highest BCUT2D eigenvalue weighted by atomic mass is 32.1. The lowest BCUT2D eigenvalue weighted by Gasteiger charge is -2.43. The molecule has 0 bridgehead atoms. The normalized spacial score (nSPS) is 19.3. The molecule has 0 spiro atoms. The number of benzene rings is 4. The summed E-state index contributed by atoms with van der Waals surface area (Å²) in [6, 6.07) is 39.7. The molecule has 1 aliphatic heterocycles. The lowest BCUT2D eigenvalue weighted by molar-refractivity contribution is 0.0888. The summed E-state index contributed by atoms with van der Waals surface area (Å²) >= 11 is 1.88. The first-order valence-electron chi connectivity index (χ1n) is 15.7. The van der Waals surface area contributed by atoms with Gasteiger partial charge in [0.1, 0.15) is 5.54 Å². The average molecular weight is 581 g/mol. The average Bonchev–Trinajstić information content (AvgIpc) is 3.71. The van der Waals surface area contributed by atoms with Gasteiger partial charge < -0.3 is 4.90 Å². The number of hydrogen-bond donors (Lipinski definition) is 0. The van der Waals surface area contributed by atoms with Crippen molar-refractivity contribution >= 4 is 21.6 Å². The van der Waals surface area contributed by atoms with Gasteiger partial charge in [-0.05, 0) is 73.2 Å². The number of fused-ring (bicyclic) bond motifs is 1. The Hall–Kier alpha value is -4.06. The van der Waals surface area contributed by atoms with Gasteiger partial charge >= 0.3 is 0 Å². The van der Waals surface area contributed by atoms with Crippen LogP contribution in [0.3, 0.4) is 0 Å². The number of thiazole rings is 1. The minimum Gasteiger partial charge on any atom is -0.300 e. The Labute approximate surface area is 257 Å². The van der Waals surface area contributed by atoms with E-state index in [1.54, 1.807) is 0 Å². The summed E-state index contributed by atoms with van der Waals surface area (Å²) in [5, 5.41) is 6.39. The van der Waals surface area contributed by atoms with E-state index < -0.39 is 5.54 Å². The van der Waals surface area contributed by atoms with Crippen molar-refractivity contribution in [2.45, 2.75) is 49.6 Å². The number of nitrogens with zero attached hydrogens (tertiary/aromatic N) is 4. The number of aromatic nitrogens is 3. The van der Waals surface area contributed by atoms with Gasteiger partial charge in [0, 0.05) is 23.7 Å². The second-order valence-corrected chi connectivity index (χ2v) is 13.2. The van der Waals surface area contributed by atoms with E-state index in [9.17, 15) is 0 Å². The Morgan fingerprint density at radius 1 is 0.674 bits per heavy atom. The Morgan fingerprint density at radius 2 is 1.28 bits per heavy atom. The molecule has 4 aromatic carbocycles.